The van der Waals surface area contributed by atoms with Crippen molar-refractivity contribution in [3.8, 4) is 6.07 Å². The van der Waals surface area contributed by atoms with Crippen molar-refractivity contribution >= 4 is 12.1 Å². The van der Waals surface area contributed by atoms with E-state index in [2.05, 4.69) is 11.2 Å². The van der Waals surface area contributed by atoms with Crippen molar-refractivity contribution in [1.82, 2.24) is 14.7 Å². The summed E-state index contributed by atoms with van der Waals surface area (Å²) in [7, 11) is 0. The Morgan fingerprint density at radius 2 is 2.13 bits per heavy atom. The third kappa shape index (κ3) is 3.62. The van der Waals surface area contributed by atoms with Crippen LogP contribution in [0, 0.1) is 11.3 Å². The number of nitriles is 1. The van der Waals surface area contributed by atoms with E-state index in [1.807, 2.05) is 0 Å². The van der Waals surface area contributed by atoms with Crippen LogP contribution in [0.3, 0.4) is 0 Å². The van der Waals surface area contributed by atoms with Crippen LogP contribution in [0.2, 0.25) is 0 Å². The van der Waals surface area contributed by atoms with Crippen LogP contribution in [-0.2, 0) is 16.0 Å². The van der Waals surface area contributed by atoms with E-state index in [-0.39, 0.29) is 18.8 Å². The van der Waals surface area contributed by atoms with E-state index in [9.17, 15) is 14.9 Å². The second kappa shape index (κ2) is 6.28. The lowest BCUT2D eigenvalue weighted by Crippen LogP contribution is -2.44. The van der Waals surface area contributed by atoms with Gasteiger partial charge in [0.2, 0.25) is 0 Å². The van der Waals surface area contributed by atoms with Gasteiger partial charge in [0.25, 0.3) is 0 Å². The second-order valence-electron chi connectivity index (χ2n) is 6.10. The maximum Gasteiger partial charge on any atom is 0.411 e. The normalized spacial score (nSPS) is 17.2. The van der Waals surface area contributed by atoms with E-state index < -0.39 is 23.7 Å². The molecular formula is C15H20N4O4. The summed E-state index contributed by atoms with van der Waals surface area (Å²) >= 11 is 0. The number of esters is 1. The molecule has 0 fully saturated rings. The zero-order valence-electron chi connectivity index (χ0n) is 13.7. The minimum Gasteiger partial charge on any atom is -0.461 e. The van der Waals surface area contributed by atoms with Crippen LogP contribution in [0.1, 0.15) is 49.9 Å². The predicted molar refractivity (Wildman–Crippen MR) is 79.5 cm³/mol. The Bertz CT molecular complexity index is 653. The summed E-state index contributed by atoms with van der Waals surface area (Å²) in [5.74, 6) is -0.546. The molecule has 23 heavy (non-hydrogen) atoms. The van der Waals surface area contributed by atoms with E-state index in [0.29, 0.717) is 12.2 Å². The number of aromatic nitrogens is 2. The number of hydrogen-bond acceptors (Lipinski definition) is 6. The van der Waals surface area contributed by atoms with Gasteiger partial charge in [0.05, 0.1) is 24.9 Å². The van der Waals surface area contributed by atoms with E-state index in [1.165, 1.54) is 11.0 Å². The monoisotopic (exact) mass is 320 g/mol. The number of carbonyl (C=O) groups is 2. The lowest BCUT2D eigenvalue weighted by Gasteiger charge is -2.33. The smallest absolute Gasteiger partial charge is 0.411 e. The molecule has 0 spiro atoms. The van der Waals surface area contributed by atoms with E-state index in [1.54, 1.807) is 32.4 Å². The fraction of sp³-hybridized carbons (Fsp3) is 0.600. The number of rotatable bonds is 2. The Balaban J connectivity index is 2.26. The van der Waals surface area contributed by atoms with Gasteiger partial charge in [-0.2, -0.15) is 10.4 Å². The third-order valence-electron chi connectivity index (χ3n) is 3.19. The number of ether oxygens (including phenoxy) is 2. The zero-order valence-corrected chi connectivity index (χ0v) is 13.7. The fourth-order valence-corrected chi connectivity index (χ4v) is 2.28. The van der Waals surface area contributed by atoms with Crippen molar-refractivity contribution in [1.29, 1.82) is 5.26 Å². The summed E-state index contributed by atoms with van der Waals surface area (Å²) < 4.78 is 11.8. The van der Waals surface area contributed by atoms with Crippen LogP contribution in [0.15, 0.2) is 6.07 Å². The number of amides is 1. The molecule has 0 N–H and O–H groups in total. The molecule has 1 aromatic rings. The van der Waals surface area contributed by atoms with Gasteiger partial charge in [-0.25, -0.2) is 9.59 Å². The van der Waals surface area contributed by atoms with Gasteiger partial charge in [-0.3, -0.25) is 9.58 Å². The molecule has 1 aromatic heterocycles. The molecule has 0 aliphatic carbocycles. The quantitative estimate of drug-likeness (QED) is 0.772. The SMILES string of the molecule is CCOC(=O)c1cc2n(n1)CCN(C(=O)OC(C)(C)C)C2C#N. The summed E-state index contributed by atoms with van der Waals surface area (Å²) in [6.07, 6.45) is -0.561. The first-order chi connectivity index (χ1) is 10.8. The topological polar surface area (TPSA) is 97.5 Å². The second-order valence-corrected chi connectivity index (χ2v) is 6.10. The molecule has 8 heteroatoms. The summed E-state index contributed by atoms with van der Waals surface area (Å²) in [6.45, 7) is 7.90. The van der Waals surface area contributed by atoms with Crippen LogP contribution in [0.25, 0.3) is 0 Å². The molecule has 1 unspecified atom stereocenters. The summed E-state index contributed by atoms with van der Waals surface area (Å²) in [6, 6.07) is 2.71. The zero-order chi connectivity index (χ0) is 17.2. The third-order valence-corrected chi connectivity index (χ3v) is 3.19. The van der Waals surface area contributed by atoms with Crippen molar-refractivity contribution in [2.75, 3.05) is 13.2 Å². The number of hydrogen-bond donors (Lipinski definition) is 0. The fourth-order valence-electron chi connectivity index (χ4n) is 2.28. The molecule has 1 amide bonds. The first-order valence-corrected chi connectivity index (χ1v) is 7.41. The van der Waals surface area contributed by atoms with Crippen molar-refractivity contribution in [3.63, 3.8) is 0 Å². The molecule has 8 nitrogen and oxygen atoms in total. The standard InChI is InChI=1S/C15H20N4O4/c1-5-22-13(20)10-8-11-12(9-16)18(6-7-19(11)17-10)14(21)23-15(2,3)4/h8,12H,5-7H2,1-4H3. The predicted octanol–water partition coefficient (Wildman–Crippen LogP) is 1.88. The summed E-state index contributed by atoms with van der Waals surface area (Å²) in [5, 5.41) is 13.6. The Hall–Kier alpha value is -2.56. The highest BCUT2D eigenvalue weighted by molar-refractivity contribution is 5.87. The van der Waals surface area contributed by atoms with Gasteiger partial charge >= 0.3 is 12.1 Å². The molecule has 1 aliphatic heterocycles. The lowest BCUT2D eigenvalue weighted by atomic mass is 10.1. The van der Waals surface area contributed by atoms with E-state index in [0.717, 1.165) is 0 Å². The van der Waals surface area contributed by atoms with Crippen molar-refractivity contribution in [2.24, 2.45) is 0 Å². The average Bonchev–Trinajstić information content (AvgIpc) is 2.88. The van der Waals surface area contributed by atoms with Crippen LogP contribution >= 0.6 is 0 Å². The first-order valence-electron chi connectivity index (χ1n) is 7.41. The minimum atomic E-state index is -0.853. The van der Waals surface area contributed by atoms with Crippen molar-refractivity contribution < 1.29 is 19.1 Å². The van der Waals surface area contributed by atoms with Gasteiger partial charge in [-0.05, 0) is 33.8 Å². The molecule has 0 bridgehead atoms. The van der Waals surface area contributed by atoms with Crippen LogP contribution < -0.4 is 0 Å². The van der Waals surface area contributed by atoms with E-state index in [4.69, 9.17) is 9.47 Å². The largest absolute Gasteiger partial charge is 0.461 e. The number of fused-ring (bicyclic) bond motifs is 1. The van der Waals surface area contributed by atoms with Crippen LogP contribution in [-0.4, -0.2) is 45.5 Å². The molecule has 1 atom stereocenters. The summed E-state index contributed by atoms with van der Waals surface area (Å²) in [4.78, 5) is 25.4. The maximum absolute atomic E-state index is 12.3. The van der Waals surface area contributed by atoms with E-state index >= 15 is 0 Å². The van der Waals surface area contributed by atoms with Crippen molar-refractivity contribution in [2.45, 2.75) is 45.9 Å². The Morgan fingerprint density at radius 3 is 2.70 bits per heavy atom. The van der Waals surface area contributed by atoms with Crippen LogP contribution in [0.5, 0.6) is 0 Å². The number of nitrogens with zero attached hydrogens (tertiary/aromatic N) is 4. The van der Waals surface area contributed by atoms with Crippen molar-refractivity contribution in [3.05, 3.63) is 17.5 Å². The lowest BCUT2D eigenvalue weighted by molar-refractivity contribution is 0.0155. The molecule has 1 aliphatic rings. The average molecular weight is 320 g/mol. The molecule has 124 valence electrons. The molecule has 0 radical (unpaired) electrons. The molecule has 2 heterocycles. The molecule has 2 rings (SSSR count). The van der Waals surface area contributed by atoms with Gasteiger partial charge in [0.1, 0.15) is 5.60 Å². The highest BCUT2D eigenvalue weighted by Crippen LogP contribution is 2.27. The Morgan fingerprint density at radius 1 is 1.43 bits per heavy atom. The Kier molecular flexibility index (Phi) is 4.59. The number of carbonyl (C=O) groups excluding carboxylic acids is 2. The highest BCUT2D eigenvalue weighted by Gasteiger charge is 2.35. The molecular weight excluding hydrogens is 300 g/mol. The maximum atomic E-state index is 12.3. The van der Waals surface area contributed by atoms with Gasteiger partial charge in [0, 0.05) is 6.54 Å². The van der Waals surface area contributed by atoms with Gasteiger partial charge < -0.3 is 9.47 Å². The van der Waals surface area contributed by atoms with Crippen LogP contribution in [0.4, 0.5) is 4.79 Å². The molecule has 0 aromatic carbocycles. The van der Waals surface area contributed by atoms with Gasteiger partial charge in [0.15, 0.2) is 11.7 Å². The summed E-state index contributed by atoms with van der Waals surface area (Å²) in [5.41, 5.74) is -0.0361. The highest BCUT2D eigenvalue weighted by atomic mass is 16.6. The van der Waals surface area contributed by atoms with Gasteiger partial charge in [-0.15, -0.1) is 0 Å². The van der Waals surface area contributed by atoms with Gasteiger partial charge in [-0.1, -0.05) is 0 Å². The Labute approximate surface area is 134 Å². The molecule has 0 saturated carbocycles. The minimum absolute atomic E-state index is 0.133. The first kappa shape index (κ1) is 16.8. The molecule has 0 saturated heterocycles.